The Morgan fingerprint density at radius 1 is 1.30 bits per heavy atom. The first-order valence-electron chi connectivity index (χ1n) is 5.33. The number of benzene rings is 1. The lowest BCUT2D eigenvalue weighted by Gasteiger charge is -2.11. The van der Waals surface area contributed by atoms with Crippen LogP contribution in [0.2, 0.25) is 5.02 Å². The molecule has 20 heavy (non-hydrogen) atoms. The van der Waals surface area contributed by atoms with Crippen LogP contribution >= 0.6 is 27.5 Å². The number of nitrogens with one attached hydrogen (secondary N) is 2. The van der Waals surface area contributed by atoms with Crippen molar-refractivity contribution in [2.24, 2.45) is 5.84 Å². The molecule has 0 radical (unpaired) electrons. The molecule has 1 aromatic heterocycles. The molecular formula is C11H10BrClN4O2S. The van der Waals surface area contributed by atoms with Crippen molar-refractivity contribution in [3.05, 3.63) is 46.0 Å². The molecule has 0 saturated carbocycles. The molecule has 0 fully saturated rings. The van der Waals surface area contributed by atoms with E-state index >= 15 is 0 Å². The van der Waals surface area contributed by atoms with Crippen LogP contribution in [-0.2, 0) is 10.0 Å². The summed E-state index contributed by atoms with van der Waals surface area (Å²) in [6.45, 7) is 0. The third kappa shape index (κ3) is 3.21. The summed E-state index contributed by atoms with van der Waals surface area (Å²) in [7, 11) is -3.76. The standard InChI is InChI=1S/C11H10BrClN4O2S/c12-11-8(13)2-1-3-9(11)17-20(18,19)7-4-5-15-10(6-7)16-14/h1-6,17H,14H2,(H,15,16). The minimum absolute atomic E-state index is 0.0346. The lowest BCUT2D eigenvalue weighted by atomic mass is 10.3. The van der Waals surface area contributed by atoms with Gasteiger partial charge in [0.05, 0.1) is 20.1 Å². The van der Waals surface area contributed by atoms with Gasteiger partial charge in [-0.2, -0.15) is 0 Å². The molecule has 0 aliphatic carbocycles. The molecule has 6 nitrogen and oxygen atoms in total. The molecular weight excluding hydrogens is 368 g/mol. The van der Waals surface area contributed by atoms with Crippen molar-refractivity contribution in [3.8, 4) is 0 Å². The summed E-state index contributed by atoms with van der Waals surface area (Å²) < 4.78 is 27.4. The Morgan fingerprint density at radius 2 is 2.05 bits per heavy atom. The van der Waals surface area contributed by atoms with Gasteiger partial charge in [-0.1, -0.05) is 17.7 Å². The fourth-order valence-electron chi connectivity index (χ4n) is 1.44. The number of hydrogen-bond donors (Lipinski definition) is 3. The summed E-state index contributed by atoms with van der Waals surface area (Å²) >= 11 is 9.15. The van der Waals surface area contributed by atoms with E-state index in [1.807, 2.05) is 0 Å². The third-order valence-corrected chi connectivity index (χ3v) is 5.15. The number of hydrazine groups is 1. The molecule has 2 aromatic rings. The summed E-state index contributed by atoms with van der Waals surface area (Å²) in [6, 6.07) is 7.57. The van der Waals surface area contributed by atoms with E-state index in [1.165, 1.54) is 18.3 Å². The number of hydrogen-bond acceptors (Lipinski definition) is 5. The van der Waals surface area contributed by atoms with Crippen molar-refractivity contribution in [1.82, 2.24) is 4.98 Å². The summed E-state index contributed by atoms with van der Waals surface area (Å²) in [5.41, 5.74) is 2.63. The van der Waals surface area contributed by atoms with E-state index in [0.717, 1.165) is 0 Å². The number of rotatable bonds is 4. The molecule has 2 rings (SSSR count). The highest BCUT2D eigenvalue weighted by molar-refractivity contribution is 9.10. The highest BCUT2D eigenvalue weighted by Crippen LogP contribution is 2.31. The summed E-state index contributed by atoms with van der Waals surface area (Å²) in [5.74, 6) is 5.45. The Hall–Kier alpha value is -1.35. The van der Waals surface area contributed by atoms with E-state index < -0.39 is 10.0 Å². The number of anilines is 2. The lowest BCUT2D eigenvalue weighted by Crippen LogP contribution is -2.15. The molecule has 0 bridgehead atoms. The molecule has 0 spiro atoms. The van der Waals surface area contributed by atoms with Crippen LogP contribution in [0.3, 0.4) is 0 Å². The zero-order valence-electron chi connectivity index (χ0n) is 9.97. The molecule has 0 aliphatic heterocycles. The monoisotopic (exact) mass is 376 g/mol. The maximum Gasteiger partial charge on any atom is 0.262 e. The second-order valence-electron chi connectivity index (χ2n) is 3.73. The van der Waals surface area contributed by atoms with Crippen molar-refractivity contribution in [2.75, 3.05) is 10.1 Å². The van der Waals surface area contributed by atoms with Crippen molar-refractivity contribution in [3.63, 3.8) is 0 Å². The average Bonchev–Trinajstić information content (AvgIpc) is 2.44. The fourth-order valence-corrected chi connectivity index (χ4v) is 3.20. The number of sulfonamides is 1. The molecule has 1 heterocycles. The summed E-state index contributed by atoms with van der Waals surface area (Å²) in [6.07, 6.45) is 1.34. The van der Waals surface area contributed by atoms with Gasteiger partial charge in [-0.25, -0.2) is 19.2 Å². The van der Waals surface area contributed by atoms with Gasteiger partial charge in [-0.3, -0.25) is 4.72 Å². The zero-order chi connectivity index (χ0) is 14.8. The van der Waals surface area contributed by atoms with Crippen LogP contribution in [-0.4, -0.2) is 13.4 Å². The maximum absolute atomic E-state index is 12.3. The molecule has 106 valence electrons. The first-order chi connectivity index (χ1) is 9.44. The van der Waals surface area contributed by atoms with Gasteiger partial charge in [-0.05, 0) is 34.1 Å². The largest absolute Gasteiger partial charge is 0.308 e. The minimum atomic E-state index is -3.76. The highest BCUT2D eigenvalue weighted by atomic mass is 79.9. The summed E-state index contributed by atoms with van der Waals surface area (Å²) in [4.78, 5) is 3.89. The van der Waals surface area contributed by atoms with E-state index in [1.54, 1.807) is 18.2 Å². The molecule has 0 amide bonds. The Bertz CT molecular complexity index is 739. The highest BCUT2D eigenvalue weighted by Gasteiger charge is 2.17. The lowest BCUT2D eigenvalue weighted by molar-refractivity contribution is 0.601. The van der Waals surface area contributed by atoms with Crippen molar-refractivity contribution in [1.29, 1.82) is 0 Å². The molecule has 0 saturated heterocycles. The van der Waals surface area contributed by atoms with Crippen LogP contribution in [0.1, 0.15) is 0 Å². The van der Waals surface area contributed by atoms with Crippen molar-refractivity contribution < 1.29 is 8.42 Å². The number of halogens is 2. The van der Waals surface area contributed by atoms with Gasteiger partial charge in [0, 0.05) is 12.3 Å². The van der Waals surface area contributed by atoms with Crippen LogP contribution < -0.4 is 16.0 Å². The van der Waals surface area contributed by atoms with Gasteiger partial charge in [-0.15, -0.1) is 0 Å². The van der Waals surface area contributed by atoms with Gasteiger partial charge in [0.15, 0.2) is 0 Å². The number of nitrogen functional groups attached to an aromatic ring is 1. The van der Waals surface area contributed by atoms with Gasteiger partial charge >= 0.3 is 0 Å². The second-order valence-corrected chi connectivity index (χ2v) is 6.61. The van der Waals surface area contributed by atoms with Crippen LogP contribution in [0.25, 0.3) is 0 Å². The van der Waals surface area contributed by atoms with Crippen LogP contribution in [0, 0.1) is 0 Å². The first-order valence-corrected chi connectivity index (χ1v) is 7.99. The predicted molar refractivity (Wildman–Crippen MR) is 82.0 cm³/mol. The van der Waals surface area contributed by atoms with Gasteiger partial charge in [0.25, 0.3) is 10.0 Å². The van der Waals surface area contributed by atoms with E-state index in [2.05, 4.69) is 31.1 Å². The Labute approximate surface area is 129 Å². The third-order valence-electron chi connectivity index (χ3n) is 2.39. The molecule has 0 unspecified atom stereocenters. The number of nitrogens with two attached hydrogens (primary N) is 1. The van der Waals surface area contributed by atoms with Crippen LogP contribution in [0.15, 0.2) is 45.9 Å². The van der Waals surface area contributed by atoms with E-state index in [0.29, 0.717) is 15.2 Å². The van der Waals surface area contributed by atoms with E-state index in [-0.39, 0.29) is 10.7 Å². The number of aromatic nitrogens is 1. The SMILES string of the molecule is NNc1cc(S(=O)(=O)Nc2cccc(Cl)c2Br)ccn1. The van der Waals surface area contributed by atoms with Gasteiger partial charge in [0.1, 0.15) is 5.82 Å². The molecule has 9 heteroatoms. The van der Waals surface area contributed by atoms with Gasteiger partial charge < -0.3 is 5.43 Å². The number of pyridine rings is 1. The average molecular weight is 378 g/mol. The van der Waals surface area contributed by atoms with Crippen LogP contribution in [0.4, 0.5) is 11.5 Å². The Morgan fingerprint density at radius 3 is 2.75 bits per heavy atom. The normalized spacial score (nSPS) is 11.2. The Kier molecular flexibility index (Phi) is 4.48. The van der Waals surface area contributed by atoms with E-state index in [9.17, 15) is 8.42 Å². The van der Waals surface area contributed by atoms with E-state index in [4.69, 9.17) is 17.4 Å². The molecule has 0 atom stereocenters. The second kappa shape index (κ2) is 5.96. The fraction of sp³-hybridized carbons (Fsp3) is 0. The zero-order valence-corrected chi connectivity index (χ0v) is 13.1. The van der Waals surface area contributed by atoms with Gasteiger partial charge in [0.2, 0.25) is 0 Å². The Balaban J connectivity index is 2.38. The molecule has 0 aliphatic rings. The minimum Gasteiger partial charge on any atom is -0.308 e. The summed E-state index contributed by atoms with van der Waals surface area (Å²) in [5, 5.41) is 0.407. The molecule has 4 N–H and O–H groups in total. The number of nitrogens with zero attached hydrogens (tertiary/aromatic N) is 1. The maximum atomic E-state index is 12.3. The predicted octanol–water partition coefficient (Wildman–Crippen LogP) is 2.58. The smallest absolute Gasteiger partial charge is 0.262 e. The first kappa shape index (κ1) is 15.0. The topological polar surface area (TPSA) is 97.1 Å². The quantitative estimate of drug-likeness (QED) is 0.562. The van der Waals surface area contributed by atoms with Crippen molar-refractivity contribution >= 4 is 49.1 Å². The van der Waals surface area contributed by atoms with Crippen molar-refractivity contribution in [2.45, 2.75) is 4.90 Å². The van der Waals surface area contributed by atoms with Crippen LogP contribution in [0.5, 0.6) is 0 Å². The molecule has 1 aromatic carbocycles.